The van der Waals surface area contributed by atoms with Gasteiger partial charge in [0.2, 0.25) is 17.6 Å². The van der Waals surface area contributed by atoms with E-state index in [9.17, 15) is 9.59 Å². The van der Waals surface area contributed by atoms with Gasteiger partial charge >= 0.3 is 5.97 Å². The number of nitrogens with zero attached hydrogens (tertiary/aromatic N) is 2. The maximum absolute atomic E-state index is 11.7. The first-order chi connectivity index (χ1) is 12.0. The number of carboxylic acid groups (broad SMARTS) is 1. The molecule has 0 fully saturated rings. The molecule has 1 amide bonds. The van der Waals surface area contributed by atoms with E-state index in [0.717, 1.165) is 11.3 Å². The van der Waals surface area contributed by atoms with E-state index in [1.54, 1.807) is 14.0 Å². The first kappa shape index (κ1) is 18.4. The minimum Gasteiger partial charge on any atom is -0.497 e. The highest BCUT2D eigenvalue weighted by atomic mass is 16.5. The Morgan fingerprint density at radius 2 is 2.04 bits per heavy atom. The standard InChI is InChI=1S/C17H21N3O5/c1-3-13(17(22)23)18-14(21)5-4-6-15-19-16(20-25-15)11-7-9-12(24-2)10-8-11/h7-10,13H,3-6H2,1-2H3,(H,18,21)(H,22,23). The fourth-order valence-corrected chi connectivity index (χ4v) is 2.22. The van der Waals surface area contributed by atoms with Gasteiger partial charge in [-0.05, 0) is 37.1 Å². The summed E-state index contributed by atoms with van der Waals surface area (Å²) in [7, 11) is 1.59. The Hall–Kier alpha value is -2.90. The topological polar surface area (TPSA) is 115 Å². The maximum atomic E-state index is 11.7. The second-order valence-corrected chi connectivity index (χ2v) is 5.46. The Morgan fingerprint density at radius 3 is 2.64 bits per heavy atom. The second kappa shape index (κ2) is 8.81. The molecule has 2 aromatic rings. The van der Waals surface area contributed by atoms with Crippen LogP contribution in [0, 0.1) is 0 Å². The summed E-state index contributed by atoms with van der Waals surface area (Å²) in [6.07, 6.45) is 1.48. The normalized spacial score (nSPS) is 11.8. The summed E-state index contributed by atoms with van der Waals surface area (Å²) >= 11 is 0. The molecule has 1 aromatic carbocycles. The second-order valence-electron chi connectivity index (χ2n) is 5.46. The van der Waals surface area contributed by atoms with Gasteiger partial charge in [0.05, 0.1) is 7.11 Å². The fraction of sp³-hybridized carbons (Fsp3) is 0.412. The van der Waals surface area contributed by atoms with E-state index >= 15 is 0 Å². The summed E-state index contributed by atoms with van der Waals surface area (Å²) < 4.78 is 10.3. The highest BCUT2D eigenvalue weighted by molar-refractivity contribution is 5.83. The highest BCUT2D eigenvalue weighted by Gasteiger charge is 2.17. The monoisotopic (exact) mass is 347 g/mol. The number of methoxy groups -OCH3 is 1. The molecule has 0 saturated carbocycles. The van der Waals surface area contributed by atoms with Gasteiger partial charge in [-0.3, -0.25) is 4.79 Å². The highest BCUT2D eigenvalue weighted by Crippen LogP contribution is 2.20. The molecule has 0 bridgehead atoms. The molecule has 0 spiro atoms. The predicted octanol–water partition coefficient (Wildman–Crippen LogP) is 2.05. The van der Waals surface area contributed by atoms with Gasteiger partial charge in [-0.2, -0.15) is 4.98 Å². The van der Waals surface area contributed by atoms with Crippen LogP contribution in [0.4, 0.5) is 0 Å². The molecule has 0 aliphatic carbocycles. The number of rotatable bonds is 9. The number of benzene rings is 1. The van der Waals surface area contributed by atoms with Gasteiger partial charge < -0.3 is 19.7 Å². The van der Waals surface area contributed by atoms with Crippen LogP contribution in [0.25, 0.3) is 11.4 Å². The molecule has 134 valence electrons. The third-order valence-corrected chi connectivity index (χ3v) is 3.65. The molecular weight excluding hydrogens is 326 g/mol. The average Bonchev–Trinajstić information content (AvgIpc) is 3.08. The third-order valence-electron chi connectivity index (χ3n) is 3.65. The van der Waals surface area contributed by atoms with Crippen LogP contribution < -0.4 is 10.1 Å². The van der Waals surface area contributed by atoms with Crippen LogP contribution in [0.2, 0.25) is 0 Å². The number of hydrogen-bond acceptors (Lipinski definition) is 6. The number of aliphatic carboxylic acids is 1. The molecule has 1 aromatic heterocycles. The zero-order chi connectivity index (χ0) is 18.2. The van der Waals surface area contributed by atoms with Gasteiger partial charge in [0.25, 0.3) is 0 Å². The zero-order valence-electron chi connectivity index (χ0n) is 14.2. The van der Waals surface area contributed by atoms with Crippen molar-refractivity contribution in [2.45, 2.75) is 38.6 Å². The molecule has 8 nitrogen and oxygen atoms in total. The predicted molar refractivity (Wildman–Crippen MR) is 89.1 cm³/mol. The van der Waals surface area contributed by atoms with Crippen molar-refractivity contribution in [3.05, 3.63) is 30.2 Å². The Labute approximate surface area is 145 Å². The van der Waals surface area contributed by atoms with Crippen LogP contribution in [0.5, 0.6) is 5.75 Å². The lowest BCUT2D eigenvalue weighted by atomic mass is 10.2. The van der Waals surface area contributed by atoms with Crippen LogP contribution in [0.15, 0.2) is 28.8 Å². The lowest BCUT2D eigenvalue weighted by Gasteiger charge is -2.11. The molecule has 0 radical (unpaired) electrons. The van der Waals surface area contributed by atoms with Gasteiger partial charge in [-0.25, -0.2) is 4.79 Å². The molecule has 0 saturated heterocycles. The van der Waals surface area contributed by atoms with Crippen LogP contribution in [-0.2, 0) is 16.0 Å². The Balaban J connectivity index is 1.83. The molecule has 1 unspecified atom stereocenters. The molecule has 1 heterocycles. The summed E-state index contributed by atoms with van der Waals surface area (Å²) in [5.74, 6) is 0.314. The molecule has 0 aliphatic heterocycles. The van der Waals surface area contributed by atoms with Crippen molar-refractivity contribution >= 4 is 11.9 Å². The van der Waals surface area contributed by atoms with E-state index in [2.05, 4.69) is 15.5 Å². The van der Waals surface area contributed by atoms with Crippen LogP contribution in [0.1, 0.15) is 32.1 Å². The van der Waals surface area contributed by atoms with E-state index < -0.39 is 12.0 Å². The maximum Gasteiger partial charge on any atom is 0.326 e. The SMILES string of the molecule is CCC(NC(=O)CCCc1nc(-c2ccc(OC)cc2)no1)C(=O)O. The van der Waals surface area contributed by atoms with Gasteiger partial charge in [-0.15, -0.1) is 0 Å². The van der Waals surface area contributed by atoms with Crippen molar-refractivity contribution in [2.24, 2.45) is 0 Å². The van der Waals surface area contributed by atoms with Gasteiger partial charge in [0, 0.05) is 18.4 Å². The Bertz CT molecular complexity index is 711. The summed E-state index contributed by atoms with van der Waals surface area (Å²) in [5, 5.41) is 15.3. The third kappa shape index (κ3) is 5.30. The summed E-state index contributed by atoms with van der Waals surface area (Å²) in [4.78, 5) is 26.9. The zero-order valence-corrected chi connectivity index (χ0v) is 14.2. The minimum atomic E-state index is -1.03. The fourth-order valence-electron chi connectivity index (χ4n) is 2.22. The lowest BCUT2D eigenvalue weighted by Crippen LogP contribution is -2.40. The van der Waals surface area contributed by atoms with Crippen molar-refractivity contribution in [3.8, 4) is 17.1 Å². The molecule has 8 heteroatoms. The van der Waals surface area contributed by atoms with Gasteiger partial charge in [0.15, 0.2) is 0 Å². The van der Waals surface area contributed by atoms with Gasteiger partial charge in [0.1, 0.15) is 11.8 Å². The van der Waals surface area contributed by atoms with Crippen molar-refractivity contribution < 1.29 is 24.0 Å². The van der Waals surface area contributed by atoms with Crippen molar-refractivity contribution in [1.29, 1.82) is 0 Å². The summed E-state index contributed by atoms with van der Waals surface area (Å²) in [6, 6.07) is 6.43. The molecule has 25 heavy (non-hydrogen) atoms. The molecular formula is C17H21N3O5. The quantitative estimate of drug-likeness (QED) is 0.713. The van der Waals surface area contributed by atoms with E-state index in [1.807, 2.05) is 24.3 Å². The Kier molecular flexibility index (Phi) is 6.50. The van der Waals surface area contributed by atoms with Crippen molar-refractivity contribution in [3.63, 3.8) is 0 Å². The van der Waals surface area contributed by atoms with E-state index in [0.29, 0.717) is 31.0 Å². The van der Waals surface area contributed by atoms with E-state index in [4.69, 9.17) is 14.4 Å². The van der Waals surface area contributed by atoms with Gasteiger partial charge in [-0.1, -0.05) is 12.1 Å². The summed E-state index contributed by atoms with van der Waals surface area (Å²) in [5.41, 5.74) is 0.806. The van der Waals surface area contributed by atoms with Crippen LogP contribution in [-0.4, -0.2) is 40.3 Å². The number of hydrogen-bond donors (Lipinski definition) is 2. The number of amides is 1. The van der Waals surface area contributed by atoms with Crippen LogP contribution in [0.3, 0.4) is 0 Å². The lowest BCUT2D eigenvalue weighted by molar-refractivity contribution is -0.141. The number of carboxylic acids is 1. The minimum absolute atomic E-state index is 0.198. The number of ether oxygens (including phenoxy) is 1. The molecule has 2 rings (SSSR count). The molecule has 2 N–H and O–H groups in total. The molecule has 1 atom stereocenters. The first-order valence-electron chi connectivity index (χ1n) is 8.02. The van der Waals surface area contributed by atoms with Crippen molar-refractivity contribution in [2.75, 3.05) is 7.11 Å². The van der Waals surface area contributed by atoms with Crippen molar-refractivity contribution in [1.82, 2.24) is 15.5 Å². The smallest absolute Gasteiger partial charge is 0.326 e. The summed E-state index contributed by atoms with van der Waals surface area (Å²) in [6.45, 7) is 1.71. The number of carbonyl (C=O) groups is 2. The number of carbonyl (C=O) groups excluding carboxylic acids is 1. The number of aromatic nitrogens is 2. The van der Waals surface area contributed by atoms with Crippen LogP contribution >= 0.6 is 0 Å². The Morgan fingerprint density at radius 1 is 1.32 bits per heavy atom. The van der Waals surface area contributed by atoms with E-state index in [1.165, 1.54) is 0 Å². The number of aryl methyl sites for hydroxylation is 1. The molecule has 0 aliphatic rings. The first-order valence-corrected chi connectivity index (χ1v) is 8.02. The van der Waals surface area contributed by atoms with E-state index in [-0.39, 0.29) is 12.3 Å². The average molecular weight is 347 g/mol. The number of nitrogens with one attached hydrogen (secondary N) is 1. The largest absolute Gasteiger partial charge is 0.497 e.